The molecule has 6 nitrogen and oxygen atoms in total. The van der Waals surface area contributed by atoms with Gasteiger partial charge in [0.05, 0.1) is 11.0 Å². The Kier molecular flexibility index (Phi) is 2.40. The summed E-state index contributed by atoms with van der Waals surface area (Å²) in [5, 5.41) is 13.5. The Bertz CT molecular complexity index is 390. The average Bonchev–Trinajstić information content (AvgIpc) is 3.01. The third kappa shape index (κ3) is 1.98. The van der Waals surface area contributed by atoms with Crippen LogP contribution in [0.25, 0.3) is 0 Å². The molecule has 1 aliphatic carbocycles. The molecule has 0 atom stereocenters. The second kappa shape index (κ2) is 3.72. The lowest BCUT2D eigenvalue weighted by molar-refractivity contribution is -0.385. The molecule has 0 unspecified atom stereocenters. The van der Waals surface area contributed by atoms with Gasteiger partial charge in [-0.1, -0.05) is 0 Å². The minimum Gasteiger partial charge on any atom is -0.481 e. The Hall–Kier alpha value is -1.85. The first-order chi connectivity index (χ1) is 7.22. The van der Waals surface area contributed by atoms with Crippen molar-refractivity contribution in [2.45, 2.75) is 18.9 Å². The summed E-state index contributed by atoms with van der Waals surface area (Å²) in [7, 11) is 1.66. The van der Waals surface area contributed by atoms with Crippen LogP contribution in [-0.4, -0.2) is 23.1 Å². The van der Waals surface area contributed by atoms with E-state index in [4.69, 9.17) is 4.74 Å². The van der Waals surface area contributed by atoms with Gasteiger partial charge in [-0.05, 0) is 12.8 Å². The van der Waals surface area contributed by atoms with Crippen molar-refractivity contribution in [2.24, 2.45) is 0 Å². The number of nitrogens with zero attached hydrogens (tertiary/aromatic N) is 2. The lowest BCUT2D eigenvalue weighted by Gasteiger charge is -2.08. The Balaban J connectivity index is 2.38. The first kappa shape index (κ1) is 9.70. The summed E-state index contributed by atoms with van der Waals surface area (Å²) in [5.41, 5.74) is -0.0405. The summed E-state index contributed by atoms with van der Waals surface area (Å²) in [5.74, 6) is 0.656. The topological polar surface area (TPSA) is 77.3 Å². The molecule has 0 bridgehead atoms. The van der Waals surface area contributed by atoms with Gasteiger partial charge in [-0.2, -0.15) is 0 Å². The molecule has 0 aliphatic heterocycles. The van der Waals surface area contributed by atoms with Gasteiger partial charge in [0.1, 0.15) is 0 Å². The van der Waals surface area contributed by atoms with E-state index in [-0.39, 0.29) is 17.5 Å². The van der Waals surface area contributed by atoms with Gasteiger partial charge in [-0.25, -0.2) is 4.98 Å². The van der Waals surface area contributed by atoms with E-state index < -0.39 is 4.92 Å². The summed E-state index contributed by atoms with van der Waals surface area (Å²) in [4.78, 5) is 14.3. The molecular weight excluding hydrogens is 198 g/mol. The number of nitro groups is 1. The van der Waals surface area contributed by atoms with Crippen LogP contribution in [0.3, 0.4) is 0 Å². The third-order valence-corrected chi connectivity index (χ3v) is 2.13. The van der Waals surface area contributed by atoms with Crippen molar-refractivity contribution >= 4 is 11.5 Å². The maximum absolute atomic E-state index is 10.8. The van der Waals surface area contributed by atoms with Crippen molar-refractivity contribution in [3.63, 3.8) is 0 Å². The number of hydrogen-bond acceptors (Lipinski definition) is 5. The van der Waals surface area contributed by atoms with E-state index in [1.165, 1.54) is 12.3 Å². The lowest BCUT2D eigenvalue weighted by atomic mass is 10.3. The van der Waals surface area contributed by atoms with Crippen molar-refractivity contribution in [3.8, 4) is 5.75 Å². The summed E-state index contributed by atoms with van der Waals surface area (Å²) < 4.78 is 5.47. The van der Waals surface area contributed by atoms with Crippen LogP contribution in [0.2, 0.25) is 0 Å². The van der Waals surface area contributed by atoms with Crippen molar-refractivity contribution < 1.29 is 9.66 Å². The molecule has 1 fully saturated rings. The van der Waals surface area contributed by atoms with E-state index in [1.54, 1.807) is 7.05 Å². The molecule has 6 heteroatoms. The van der Waals surface area contributed by atoms with Gasteiger partial charge in [-0.3, -0.25) is 10.1 Å². The zero-order valence-corrected chi connectivity index (χ0v) is 8.27. The molecule has 1 aromatic rings. The second-order valence-corrected chi connectivity index (χ2v) is 3.33. The molecule has 1 aliphatic rings. The molecule has 0 radical (unpaired) electrons. The Labute approximate surface area is 86.4 Å². The molecule has 15 heavy (non-hydrogen) atoms. The van der Waals surface area contributed by atoms with Crippen LogP contribution >= 0.6 is 0 Å². The number of rotatable bonds is 4. The molecule has 0 amide bonds. The summed E-state index contributed by atoms with van der Waals surface area (Å²) in [6, 6.07) is 1.35. The number of hydrogen-bond donors (Lipinski definition) is 1. The van der Waals surface area contributed by atoms with E-state index in [0.717, 1.165) is 12.8 Å². The highest BCUT2D eigenvalue weighted by molar-refractivity contribution is 5.61. The molecule has 80 valence electrons. The molecule has 2 rings (SSSR count). The van der Waals surface area contributed by atoms with Crippen LogP contribution in [0.15, 0.2) is 12.3 Å². The molecular formula is C9H11N3O3. The number of pyridine rings is 1. The normalized spacial score (nSPS) is 14.7. The fourth-order valence-electron chi connectivity index (χ4n) is 1.23. The van der Waals surface area contributed by atoms with Crippen molar-refractivity contribution in [1.82, 2.24) is 4.98 Å². The zero-order valence-electron chi connectivity index (χ0n) is 8.27. The quantitative estimate of drug-likeness (QED) is 0.601. The zero-order chi connectivity index (χ0) is 10.8. The van der Waals surface area contributed by atoms with Gasteiger partial charge < -0.3 is 10.1 Å². The summed E-state index contributed by atoms with van der Waals surface area (Å²) in [6.45, 7) is 0. The highest BCUT2D eigenvalue weighted by Crippen LogP contribution is 2.37. The Morgan fingerprint density at radius 2 is 2.40 bits per heavy atom. The summed E-state index contributed by atoms with van der Waals surface area (Å²) in [6.07, 6.45) is 3.41. The SMILES string of the molecule is CNc1nccc([N+](=O)[O-])c1OC1CC1. The maximum atomic E-state index is 10.8. The van der Waals surface area contributed by atoms with Crippen molar-refractivity contribution in [3.05, 3.63) is 22.4 Å². The van der Waals surface area contributed by atoms with Crippen LogP contribution in [0, 0.1) is 10.1 Å². The van der Waals surface area contributed by atoms with E-state index in [9.17, 15) is 10.1 Å². The fourth-order valence-corrected chi connectivity index (χ4v) is 1.23. The third-order valence-electron chi connectivity index (χ3n) is 2.13. The second-order valence-electron chi connectivity index (χ2n) is 3.33. The standard InChI is InChI=1S/C9H11N3O3/c1-10-9-8(15-6-2-3-6)7(12(13)14)4-5-11-9/h4-6H,2-3H2,1H3,(H,10,11). The minimum absolute atomic E-state index is 0.0405. The largest absolute Gasteiger partial charge is 0.481 e. The summed E-state index contributed by atoms with van der Waals surface area (Å²) >= 11 is 0. The lowest BCUT2D eigenvalue weighted by Crippen LogP contribution is -2.05. The molecule has 1 saturated carbocycles. The molecule has 0 saturated heterocycles. The number of ether oxygens (including phenoxy) is 1. The van der Waals surface area contributed by atoms with Gasteiger partial charge >= 0.3 is 5.69 Å². The smallest absolute Gasteiger partial charge is 0.316 e. The van der Waals surface area contributed by atoms with Gasteiger partial charge in [0.15, 0.2) is 5.82 Å². The van der Waals surface area contributed by atoms with E-state index in [0.29, 0.717) is 5.82 Å². The maximum Gasteiger partial charge on any atom is 0.316 e. The van der Waals surface area contributed by atoms with Crippen LogP contribution in [0.1, 0.15) is 12.8 Å². The Morgan fingerprint density at radius 1 is 1.67 bits per heavy atom. The van der Waals surface area contributed by atoms with Crippen LogP contribution in [0.5, 0.6) is 5.75 Å². The first-order valence-electron chi connectivity index (χ1n) is 4.70. The molecule has 0 spiro atoms. The van der Waals surface area contributed by atoms with Gasteiger partial charge in [0.25, 0.3) is 0 Å². The number of aromatic nitrogens is 1. The predicted octanol–water partition coefficient (Wildman–Crippen LogP) is 1.57. The van der Waals surface area contributed by atoms with Gasteiger partial charge in [0, 0.05) is 19.3 Å². The van der Waals surface area contributed by atoms with Crippen LogP contribution < -0.4 is 10.1 Å². The van der Waals surface area contributed by atoms with Gasteiger partial charge in [0.2, 0.25) is 5.75 Å². The molecule has 1 aromatic heterocycles. The Morgan fingerprint density at radius 3 is 2.93 bits per heavy atom. The predicted molar refractivity (Wildman–Crippen MR) is 54.1 cm³/mol. The van der Waals surface area contributed by atoms with E-state index in [1.807, 2.05) is 0 Å². The average molecular weight is 209 g/mol. The van der Waals surface area contributed by atoms with Crippen LogP contribution in [0.4, 0.5) is 11.5 Å². The van der Waals surface area contributed by atoms with E-state index in [2.05, 4.69) is 10.3 Å². The van der Waals surface area contributed by atoms with E-state index >= 15 is 0 Å². The number of anilines is 1. The monoisotopic (exact) mass is 209 g/mol. The molecule has 1 N–H and O–H groups in total. The van der Waals surface area contributed by atoms with Crippen molar-refractivity contribution in [1.29, 1.82) is 0 Å². The van der Waals surface area contributed by atoms with Crippen molar-refractivity contribution in [2.75, 3.05) is 12.4 Å². The fraction of sp³-hybridized carbons (Fsp3) is 0.444. The minimum atomic E-state index is -0.458. The highest BCUT2D eigenvalue weighted by Gasteiger charge is 2.29. The number of nitrogens with one attached hydrogen (secondary N) is 1. The highest BCUT2D eigenvalue weighted by atomic mass is 16.6. The molecule has 1 heterocycles. The van der Waals surface area contributed by atoms with Gasteiger partial charge in [-0.15, -0.1) is 0 Å². The first-order valence-corrected chi connectivity index (χ1v) is 4.70. The molecule has 0 aromatic carbocycles. The van der Waals surface area contributed by atoms with Crippen LogP contribution in [-0.2, 0) is 0 Å².